The molecular formula is C16H22N4OS. The summed E-state index contributed by atoms with van der Waals surface area (Å²) in [5, 5.41) is 3.08. The van der Waals surface area contributed by atoms with Gasteiger partial charge in [-0.1, -0.05) is 0 Å². The zero-order valence-electron chi connectivity index (χ0n) is 12.9. The number of rotatable bonds is 6. The molecule has 2 aromatic heterocycles. The van der Waals surface area contributed by atoms with Gasteiger partial charge in [-0.2, -0.15) is 0 Å². The molecule has 22 heavy (non-hydrogen) atoms. The Balaban J connectivity index is 1.49. The van der Waals surface area contributed by atoms with Crippen molar-refractivity contribution in [1.29, 1.82) is 0 Å². The summed E-state index contributed by atoms with van der Waals surface area (Å²) >= 11 is 1.72. The van der Waals surface area contributed by atoms with Crippen molar-refractivity contribution in [3.8, 4) is 0 Å². The zero-order chi connectivity index (χ0) is 15.2. The van der Waals surface area contributed by atoms with Gasteiger partial charge in [-0.15, -0.1) is 11.3 Å². The largest absolute Gasteiger partial charge is 0.376 e. The molecule has 0 radical (unpaired) electrons. The minimum Gasteiger partial charge on any atom is -0.376 e. The van der Waals surface area contributed by atoms with E-state index in [9.17, 15) is 0 Å². The third kappa shape index (κ3) is 4.25. The predicted octanol–water partition coefficient (Wildman–Crippen LogP) is 2.41. The third-order valence-corrected chi connectivity index (χ3v) is 4.69. The zero-order valence-corrected chi connectivity index (χ0v) is 13.7. The topological polar surface area (TPSA) is 50.3 Å². The quantitative estimate of drug-likeness (QED) is 0.886. The van der Waals surface area contributed by atoms with Crippen LogP contribution in [0.3, 0.4) is 0 Å². The molecule has 6 heteroatoms. The molecule has 2 aromatic rings. The van der Waals surface area contributed by atoms with Gasteiger partial charge in [0.1, 0.15) is 5.82 Å². The number of nitrogens with one attached hydrogen (secondary N) is 1. The van der Waals surface area contributed by atoms with Crippen LogP contribution in [0.1, 0.15) is 16.9 Å². The van der Waals surface area contributed by atoms with Gasteiger partial charge in [-0.25, -0.2) is 4.98 Å². The number of nitrogens with zero attached hydrogens (tertiary/aromatic N) is 3. The lowest BCUT2D eigenvalue weighted by Crippen LogP contribution is -2.41. The molecule has 0 bridgehead atoms. The van der Waals surface area contributed by atoms with Crippen LogP contribution in [0, 0.1) is 0 Å². The number of hydrogen-bond acceptors (Lipinski definition) is 6. The van der Waals surface area contributed by atoms with E-state index in [4.69, 9.17) is 4.74 Å². The van der Waals surface area contributed by atoms with Crippen LogP contribution < -0.4 is 5.32 Å². The Morgan fingerprint density at radius 1 is 1.50 bits per heavy atom. The van der Waals surface area contributed by atoms with Crippen molar-refractivity contribution in [3.63, 3.8) is 0 Å². The summed E-state index contributed by atoms with van der Waals surface area (Å²) in [4.78, 5) is 12.2. The van der Waals surface area contributed by atoms with E-state index in [-0.39, 0.29) is 0 Å². The van der Waals surface area contributed by atoms with Crippen LogP contribution in [0.15, 0.2) is 30.0 Å². The average molecular weight is 318 g/mol. The molecule has 1 fully saturated rings. The Labute approximate surface area is 135 Å². The van der Waals surface area contributed by atoms with Crippen molar-refractivity contribution in [1.82, 2.24) is 14.9 Å². The monoisotopic (exact) mass is 318 g/mol. The Morgan fingerprint density at radius 3 is 3.27 bits per heavy atom. The molecular weight excluding hydrogens is 296 g/mol. The summed E-state index contributed by atoms with van der Waals surface area (Å²) in [7, 11) is 1.90. The van der Waals surface area contributed by atoms with Gasteiger partial charge in [-0.05, 0) is 30.5 Å². The number of aryl methyl sites for hydroxylation is 1. The van der Waals surface area contributed by atoms with E-state index < -0.39 is 0 Å². The van der Waals surface area contributed by atoms with Crippen LogP contribution in [-0.4, -0.2) is 47.7 Å². The molecule has 118 valence electrons. The molecule has 1 N–H and O–H groups in total. The summed E-state index contributed by atoms with van der Waals surface area (Å²) in [5.74, 6) is 0.925. The first-order valence-corrected chi connectivity index (χ1v) is 8.55. The van der Waals surface area contributed by atoms with E-state index in [1.165, 1.54) is 10.4 Å². The molecule has 0 spiro atoms. The van der Waals surface area contributed by atoms with Crippen molar-refractivity contribution in [2.45, 2.75) is 25.5 Å². The molecule has 1 saturated heterocycles. The SMILES string of the molecule is CNc1cc(CC[C@@H]2CN(Cc3cncs3)CCO2)ccn1. The van der Waals surface area contributed by atoms with E-state index in [1.54, 1.807) is 11.3 Å². The van der Waals surface area contributed by atoms with E-state index in [2.05, 4.69) is 32.3 Å². The average Bonchev–Trinajstić information content (AvgIpc) is 3.06. The fourth-order valence-electron chi connectivity index (χ4n) is 2.73. The van der Waals surface area contributed by atoms with Crippen LogP contribution in [0.5, 0.6) is 0 Å². The smallest absolute Gasteiger partial charge is 0.125 e. The number of morpholine rings is 1. The summed E-state index contributed by atoms with van der Waals surface area (Å²) < 4.78 is 5.92. The highest BCUT2D eigenvalue weighted by atomic mass is 32.1. The number of aromatic nitrogens is 2. The molecule has 5 nitrogen and oxygen atoms in total. The molecule has 0 saturated carbocycles. The normalized spacial score (nSPS) is 19.2. The van der Waals surface area contributed by atoms with E-state index in [1.807, 2.05) is 25.0 Å². The first kappa shape index (κ1) is 15.4. The summed E-state index contributed by atoms with van der Waals surface area (Å²) in [6.07, 6.45) is 6.21. The minimum atomic E-state index is 0.313. The van der Waals surface area contributed by atoms with Gasteiger partial charge < -0.3 is 10.1 Å². The number of ether oxygens (including phenoxy) is 1. The number of hydrogen-bond donors (Lipinski definition) is 1. The maximum absolute atomic E-state index is 5.92. The van der Waals surface area contributed by atoms with Crippen molar-refractivity contribution in [2.24, 2.45) is 0 Å². The van der Waals surface area contributed by atoms with E-state index in [0.717, 1.165) is 44.9 Å². The van der Waals surface area contributed by atoms with Crippen LogP contribution in [-0.2, 0) is 17.7 Å². The Kier molecular flexibility index (Phi) is 5.37. The molecule has 0 unspecified atom stereocenters. The fraction of sp³-hybridized carbons (Fsp3) is 0.500. The summed E-state index contributed by atoms with van der Waals surface area (Å²) in [6, 6.07) is 4.19. The first-order valence-electron chi connectivity index (χ1n) is 7.67. The van der Waals surface area contributed by atoms with Crippen molar-refractivity contribution in [3.05, 3.63) is 40.5 Å². The minimum absolute atomic E-state index is 0.313. The van der Waals surface area contributed by atoms with E-state index in [0.29, 0.717) is 6.10 Å². The van der Waals surface area contributed by atoms with Gasteiger partial charge >= 0.3 is 0 Å². The van der Waals surface area contributed by atoms with Gasteiger partial charge in [0.25, 0.3) is 0 Å². The molecule has 3 heterocycles. The Bertz CT molecular complexity index is 575. The maximum atomic E-state index is 5.92. The standard InChI is InChI=1S/C16H22N4OS/c1-17-16-8-13(4-5-19-16)2-3-14-10-20(6-7-21-14)11-15-9-18-12-22-15/h4-5,8-9,12,14H,2-3,6-7,10-11H2,1H3,(H,17,19)/t14-/m1/s1. The number of anilines is 1. The second-order valence-electron chi connectivity index (χ2n) is 5.53. The molecule has 0 aliphatic carbocycles. The second-order valence-corrected chi connectivity index (χ2v) is 6.50. The summed E-state index contributed by atoms with van der Waals surface area (Å²) in [6.45, 7) is 3.82. The van der Waals surface area contributed by atoms with Gasteiger partial charge in [-0.3, -0.25) is 9.88 Å². The van der Waals surface area contributed by atoms with Crippen molar-refractivity contribution >= 4 is 17.2 Å². The van der Waals surface area contributed by atoms with E-state index >= 15 is 0 Å². The van der Waals surface area contributed by atoms with Gasteiger partial charge in [0.2, 0.25) is 0 Å². The van der Waals surface area contributed by atoms with Crippen LogP contribution in [0.4, 0.5) is 5.82 Å². The molecule has 0 aromatic carbocycles. The maximum Gasteiger partial charge on any atom is 0.125 e. The fourth-order valence-corrected chi connectivity index (χ4v) is 3.37. The van der Waals surface area contributed by atoms with Crippen molar-refractivity contribution in [2.75, 3.05) is 32.1 Å². The predicted molar refractivity (Wildman–Crippen MR) is 89.2 cm³/mol. The first-order chi connectivity index (χ1) is 10.8. The Hall–Kier alpha value is -1.50. The Morgan fingerprint density at radius 2 is 2.45 bits per heavy atom. The highest BCUT2D eigenvalue weighted by Gasteiger charge is 2.20. The molecule has 1 aliphatic heterocycles. The summed E-state index contributed by atoms with van der Waals surface area (Å²) in [5.41, 5.74) is 3.21. The lowest BCUT2D eigenvalue weighted by Gasteiger charge is -2.32. The lowest BCUT2D eigenvalue weighted by molar-refractivity contribution is -0.0342. The molecule has 3 rings (SSSR count). The van der Waals surface area contributed by atoms with Crippen LogP contribution in [0.25, 0.3) is 0 Å². The second kappa shape index (κ2) is 7.67. The third-order valence-electron chi connectivity index (χ3n) is 3.92. The lowest BCUT2D eigenvalue weighted by atomic mass is 10.1. The molecule has 0 amide bonds. The number of pyridine rings is 1. The number of thiazole rings is 1. The van der Waals surface area contributed by atoms with Crippen LogP contribution >= 0.6 is 11.3 Å². The van der Waals surface area contributed by atoms with Gasteiger partial charge in [0, 0.05) is 44.0 Å². The highest BCUT2D eigenvalue weighted by molar-refractivity contribution is 7.09. The molecule has 1 atom stereocenters. The van der Waals surface area contributed by atoms with Crippen LogP contribution in [0.2, 0.25) is 0 Å². The highest BCUT2D eigenvalue weighted by Crippen LogP contribution is 2.17. The van der Waals surface area contributed by atoms with Gasteiger partial charge in [0.05, 0.1) is 18.2 Å². The van der Waals surface area contributed by atoms with Crippen molar-refractivity contribution < 1.29 is 4.74 Å². The van der Waals surface area contributed by atoms with Gasteiger partial charge in [0.15, 0.2) is 0 Å². The molecule has 1 aliphatic rings.